The largest absolute Gasteiger partial charge is 0.443 e. The van der Waals surface area contributed by atoms with Crippen LogP contribution in [0.1, 0.15) is 95.4 Å². The number of benzene rings is 1. The second-order valence-corrected chi connectivity index (χ2v) is 13.4. The van der Waals surface area contributed by atoms with Gasteiger partial charge in [0.15, 0.2) is 0 Å². The normalized spacial score (nSPS) is 19.9. The van der Waals surface area contributed by atoms with Crippen molar-refractivity contribution in [2.45, 2.75) is 110 Å². The van der Waals surface area contributed by atoms with Crippen LogP contribution in [0, 0.1) is 13.8 Å². The molecule has 2 aliphatic heterocycles. The quantitative estimate of drug-likeness (QED) is 0.389. The summed E-state index contributed by atoms with van der Waals surface area (Å²) in [6.07, 6.45) is 5.55. The van der Waals surface area contributed by atoms with Crippen molar-refractivity contribution in [2.24, 2.45) is 0 Å². The molecule has 0 radical (unpaired) electrons. The van der Waals surface area contributed by atoms with Crippen molar-refractivity contribution in [3.05, 3.63) is 52.7 Å². The van der Waals surface area contributed by atoms with Crippen molar-refractivity contribution < 1.29 is 19.4 Å². The average Bonchev–Trinajstić information content (AvgIpc) is 3.56. The summed E-state index contributed by atoms with van der Waals surface area (Å²) in [5, 5.41) is 11.1. The minimum absolute atomic E-state index is 0.102. The minimum atomic E-state index is -0.791. The van der Waals surface area contributed by atoms with Crippen LogP contribution in [0.15, 0.2) is 30.5 Å². The second kappa shape index (κ2) is 10.0. The highest BCUT2D eigenvalue weighted by molar-refractivity contribution is 5.99. The molecule has 2 aliphatic rings. The van der Waals surface area contributed by atoms with E-state index < -0.39 is 17.1 Å². The van der Waals surface area contributed by atoms with E-state index in [1.165, 1.54) is 0 Å². The summed E-state index contributed by atoms with van der Waals surface area (Å²) >= 11 is 0. The number of carbonyl (C=O) groups excluding carboxylic acids is 2. The summed E-state index contributed by atoms with van der Waals surface area (Å²) in [5.74, 6) is -0.149. The number of hydrogen-bond donors (Lipinski definition) is 1. The number of hydrogen-bond acceptors (Lipinski definition) is 5. The SMILES string of the molecule is Cc1cc(C)cc(-c2c([C@H](C)CO)c3cc(C(C)(C)C(=O)N4C5CCC4CC5)cnc3n2C(=O)OC(C)(C)C)c1. The molecule has 4 heterocycles. The van der Waals surface area contributed by atoms with Gasteiger partial charge in [0.05, 0.1) is 11.1 Å². The maximum atomic E-state index is 14.0. The molecule has 2 aromatic heterocycles. The summed E-state index contributed by atoms with van der Waals surface area (Å²) in [6, 6.07) is 8.87. The van der Waals surface area contributed by atoms with Gasteiger partial charge in [0.1, 0.15) is 11.2 Å². The summed E-state index contributed by atoms with van der Waals surface area (Å²) < 4.78 is 7.43. The third kappa shape index (κ3) is 4.83. The summed E-state index contributed by atoms with van der Waals surface area (Å²) in [7, 11) is 0. The number of fused-ring (bicyclic) bond motifs is 3. The molecule has 0 spiro atoms. The van der Waals surface area contributed by atoms with Gasteiger partial charge in [-0.05, 0) is 109 Å². The van der Waals surface area contributed by atoms with Crippen LogP contribution in [0.3, 0.4) is 0 Å². The lowest BCUT2D eigenvalue weighted by Crippen LogP contribution is -2.46. The summed E-state index contributed by atoms with van der Waals surface area (Å²) in [5.41, 5.74) is 4.26. The molecule has 7 nitrogen and oxygen atoms in total. The van der Waals surface area contributed by atoms with Crippen LogP contribution in [0.5, 0.6) is 0 Å². The van der Waals surface area contributed by atoms with Gasteiger partial charge < -0.3 is 14.7 Å². The fourth-order valence-corrected chi connectivity index (χ4v) is 6.69. The smallest absolute Gasteiger partial charge is 0.420 e. The Labute approximate surface area is 237 Å². The molecule has 214 valence electrons. The summed E-state index contributed by atoms with van der Waals surface area (Å²) in [4.78, 5) is 34.7. The molecule has 2 saturated heterocycles. The van der Waals surface area contributed by atoms with Crippen LogP contribution < -0.4 is 0 Å². The first kappa shape index (κ1) is 28.3. The number of pyridine rings is 1. The van der Waals surface area contributed by atoms with Crippen LogP contribution in [-0.4, -0.2) is 55.8 Å². The van der Waals surface area contributed by atoms with Gasteiger partial charge in [0.2, 0.25) is 5.91 Å². The predicted molar refractivity (Wildman–Crippen MR) is 158 cm³/mol. The Morgan fingerprint density at radius 2 is 1.57 bits per heavy atom. The van der Waals surface area contributed by atoms with Crippen molar-refractivity contribution >= 4 is 23.0 Å². The van der Waals surface area contributed by atoms with Crippen LogP contribution in [0.25, 0.3) is 22.3 Å². The van der Waals surface area contributed by atoms with Crippen LogP contribution in [0.2, 0.25) is 0 Å². The molecule has 5 rings (SSSR count). The molecule has 3 aromatic rings. The van der Waals surface area contributed by atoms with Crippen molar-refractivity contribution in [1.82, 2.24) is 14.5 Å². The molecular weight excluding hydrogens is 502 g/mol. The number of aromatic nitrogens is 2. The average molecular weight is 546 g/mol. The topological polar surface area (TPSA) is 84.7 Å². The Morgan fingerprint density at radius 3 is 2.10 bits per heavy atom. The molecule has 2 fully saturated rings. The third-order valence-corrected chi connectivity index (χ3v) is 8.63. The summed E-state index contributed by atoms with van der Waals surface area (Å²) in [6.45, 7) is 15.4. The van der Waals surface area contributed by atoms with Gasteiger partial charge in [0.25, 0.3) is 0 Å². The number of rotatable bonds is 5. The van der Waals surface area contributed by atoms with Gasteiger partial charge in [-0.3, -0.25) is 4.79 Å². The van der Waals surface area contributed by atoms with E-state index in [2.05, 4.69) is 11.0 Å². The molecule has 0 saturated carbocycles. The third-order valence-electron chi connectivity index (χ3n) is 8.63. The van der Waals surface area contributed by atoms with Gasteiger partial charge in [-0.1, -0.05) is 24.1 Å². The molecule has 0 unspecified atom stereocenters. The maximum absolute atomic E-state index is 14.0. The Morgan fingerprint density at radius 1 is 1.00 bits per heavy atom. The standard InChI is InChI=1S/C33H43N3O4/c1-19-13-20(2)15-22(14-19)28-27(21(3)18-37)26-16-23(17-34-29(26)36(28)31(39)40-32(4,5)6)33(7,8)30(38)35-24-9-10-25(35)12-11-24/h13-17,21,24-25,37H,9-12,18H2,1-8H3/t21-,24?,25?/m1/s1. The van der Waals surface area contributed by atoms with E-state index in [0.717, 1.165) is 58.9 Å². The maximum Gasteiger partial charge on any atom is 0.420 e. The van der Waals surface area contributed by atoms with Gasteiger partial charge in [-0.15, -0.1) is 0 Å². The number of carbonyl (C=O) groups is 2. The van der Waals surface area contributed by atoms with E-state index in [4.69, 9.17) is 9.72 Å². The zero-order valence-electron chi connectivity index (χ0n) is 25.2. The van der Waals surface area contributed by atoms with Crippen LogP contribution >= 0.6 is 0 Å². The van der Waals surface area contributed by atoms with E-state index in [1.807, 2.05) is 73.6 Å². The number of nitrogens with zero attached hydrogens (tertiary/aromatic N) is 3. The zero-order chi connectivity index (χ0) is 29.1. The molecule has 7 heteroatoms. The highest BCUT2D eigenvalue weighted by Crippen LogP contribution is 2.43. The van der Waals surface area contributed by atoms with E-state index in [-0.39, 0.29) is 18.4 Å². The first-order chi connectivity index (χ1) is 18.7. The van der Waals surface area contributed by atoms with Gasteiger partial charge in [-0.2, -0.15) is 0 Å². The first-order valence-corrected chi connectivity index (χ1v) is 14.5. The highest BCUT2D eigenvalue weighted by Gasteiger charge is 2.47. The van der Waals surface area contributed by atoms with Crippen molar-refractivity contribution in [1.29, 1.82) is 0 Å². The predicted octanol–water partition coefficient (Wildman–Crippen LogP) is 6.63. The first-order valence-electron chi connectivity index (χ1n) is 14.5. The highest BCUT2D eigenvalue weighted by atomic mass is 16.6. The molecule has 1 aromatic carbocycles. The van der Waals surface area contributed by atoms with Crippen molar-refractivity contribution in [2.75, 3.05) is 6.61 Å². The number of amides is 1. The van der Waals surface area contributed by atoms with Crippen molar-refractivity contribution in [3.63, 3.8) is 0 Å². The second-order valence-electron chi connectivity index (χ2n) is 13.4. The van der Waals surface area contributed by atoms with Gasteiger partial charge in [-0.25, -0.2) is 14.3 Å². The lowest BCUT2D eigenvalue weighted by molar-refractivity contribution is -0.137. The molecular formula is C33H43N3O4. The molecule has 40 heavy (non-hydrogen) atoms. The molecule has 0 aliphatic carbocycles. The Balaban J connectivity index is 1.74. The Hall–Kier alpha value is -3.19. The van der Waals surface area contributed by atoms with E-state index >= 15 is 0 Å². The lowest BCUT2D eigenvalue weighted by atomic mass is 9.83. The van der Waals surface area contributed by atoms with Crippen molar-refractivity contribution in [3.8, 4) is 11.3 Å². The number of ether oxygens (including phenoxy) is 1. The fourth-order valence-electron chi connectivity index (χ4n) is 6.69. The van der Waals surface area contributed by atoms with E-state index in [9.17, 15) is 14.7 Å². The van der Waals surface area contributed by atoms with Gasteiger partial charge >= 0.3 is 6.09 Å². The van der Waals surface area contributed by atoms with Crippen LogP contribution in [0.4, 0.5) is 4.79 Å². The molecule has 1 amide bonds. The fraction of sp³-hybridized carbons (Fsp3) is 0.545. The number of aliphatic hydroxyl groups excluding tert-OH is 1. The number of aryl methyl sites for hydroxylation is 2. The number of aliphatic hydroxyl groups is 1. The van der Waals surface area contributed by atoms with E-state index in [1.54, 1.807) is 10.8 Å². The van der Waals surface area contributed by atoms with Crippen LogP contribution in [-0.2, 0) is 14.9 Å². The minimum Gasteiger partial charge on any atom is -0.443 e. The molecule has 1 N–H and O–H groups in total. The Kier molecular flexibility index (Phi) is 7.10. The van der Waals surface area contributed by atoms with Gasteiger partial charge in [0, 0.05) is 36.2 Å². The van der Waals surface area contributed by atoms with E-state index in [0.29, 0.717) is 23.4 Å². The lowest BCUT2D eigenvalue weighted by Gasteiger charge is -2.32. The zero-order valence-corrected chi connectivity index (χ0v) is 25.2. The molecule has 2 bridgehead atoms. The Bertz CT molecular complexity index is 1440. The molecule has 1 atom stereocenters. The monoisotopic (exact) mass is 545 g/mol.